The highest BCUT2D eigenvalue weighted by Crippen LogP contribution is 2.20. The zero-order valence-electron chi connectivity index (χ0n) is 12.7. The first-order chi connectivity index (χ1) is 10.9. The van der Waals surface area contributed by atoms with Crippen LogP contribution in [0.1, 0.15) is 12.6 Å². The molecule has 0 aliphatic carbocycles. The molecular formula is C15H17N5O2S. The van der Waals surface area contributed by atoms with E-state index in [0.717, 1.165) is 17.5 Å². The van der Waals surface area contributed by atoms with Crippen LogP contribution in [0.3, 0.4) is 0 Å². The lowest BCUT2D eigenvalue weighted by Crippen LogP contribution is -2.38. The fourth-order valence-electron chi connectivity index (χ4n) is 1.73. The maximum absolute atomic E-state index is 12.0. The molecule has 3 amide bonds. The van der Waals surface area contributed by atoms with Crippen LogP contribution in [0, 0.1) is 6.92 Å². The Morgan fingerprint density at radius 1 is 1.22 bits per heavy atom. The molecule has 1 atom stereocenters. The molecule has 0 aliphatic heterocycles. The SMILES string of the molecule is Cc1cc(N)nc(S[C@H](C)C(=O)NC(=O)Nc2ccccc2)n1. The number of anilines is 2. The molecule has 1 heterocycles. The highest BCUT2D eigenvalue weighted by atomic mass is 32.2. The maximum Gasteiger partial charge on any atom is 0.325 e. The Bertz CT molecular complexity index is 688. The summed E-state index contributed by atoms with van der Waals surface area (Å²) in [6.07, 6.45) is 0. The summed E-state index contributed by atoms with van der Waals surface area (Å²) in [4.78, 5) is 32.1. The van der Waals surface area contributed by atoms with E-state index in [9.17, 15) is 9.59 Å². The number of aromatic nitrogens is 2. The number of carbonyl (C=O) groups is 2. The second kappa shape index (κ2) is 7.59. The lowest BCUT2D eigenvalue weighted by atomic mass is 10.3. The molecule has 4 N–H and O–H groups in total. The molecule has 8 heteroatoms. The fraction of sp³-hybridized carbons (Fsp3) is 0.200. The summed E-state index contributed by atoms with van der Waals surface area (Å²) in [5.74, 6) is -0.0958. The van der Waals surface area contributed by atoms with Gasteiger partial charge in [-0.25, -0.2) is 14.8 Å². The maximum atomic E-state index is 12.0. The van der Waals surface area contributed by atoms with Gasteiger partial charge in [0.05, 0.1) is 5.25 Å². The van der Waals surface area contributed by atoms with Crippen LogP contribution in [0.4, 0.5) is 16.3 Å². The molecule has 120 valence electrons. The topological polar surface area (TPSA) is 110 Å². The van der Waals surface area contributed by atoms with E-state index in [1.165, 1.54) is 0 Å². The Kier molecular flexibility index (Phi) is 5.53. The number of nitrogen functional groups attached to an aromatic ring is 1. The number of carbonyl (C=O) groups excluding carboxylic acids is 2. The molecule has 0 bridgehead atoms. The summed E-state index contributed by atoms with van der Waals surface area (Å²) >= 11 is 1.13. The predicted molar refractivity (Wildman–Crippen MR) is 90.1 cm³/mol. The first-order valence-electron chi connectivity index (χ1n) is 6.89. The van der Waals surface area contributed by atoms with Crippen molar-refractivity contribution in [2.24, 2.45) is 0 Å². The molecule has 23 heavy (non-hydrogen) atoms. The van der Waals surface area contributed by atoms with Gasteiger partial charge in [0.2, 0.25) is 5.91 Å². The first kappa shape index (κ1) is 16.8. The minimum Gasteiger partial charge on any atom is -0.384 e. The summed E-state index contributed by atoms with van der Waals surface area (Å²) < 4.78 is 0. The number of thioether (sulfide) groups is 1. The van der Waals surface area contributed by atoms with E-state index in [-0.39, 0.29) is 0 Å². The molecule has 1 aromatic heterocycles. The van der Waals surface area contributed by atoms with Crippen LogP contribution in [0.25, 0.3) is 0 Å². The van der Waals surface area contributed by atoms with Gasteiger partial charge in [0.1, 0.15) is 5.82 Å². The van der Waals surface area contributed by atoms with Gasteiger partial charge < -0.3 is 11.1 Å². The van der Waals surface area contributed by atoms with Crippen molar-refractivity contribution in [1.82, 2.24) is 15.3 Å². The molecule has 2 aromatic rings. The first-order valence-corrected chi connectivity index (χ1v) is 7.76. The van der Waals surface area contributed by atoms with E-state index in [1.807, 2.05) is 6.07 Å². The number of imide groups is 1. The quantitative estimate of drug-likeness (QED) is 0.585. The van der Waals surface area contributed by atoms with Gasteiger partial charge in [0.25, 0.3) is 0 Å². The van der Waals surface area contributed by atoms with Crippen molar-refractivity contribution in [2.45, 2.75) is 24.3 Å². The summed E-state index contributed by atoms with van der Waals surface area (Å²) in [5, 5.41) is 4.71. The molecular weight excluding hydrogens is 314 g/mol. The number of nitrogens with two attached hydrogens (primary N) is 1. The summed E-state index contributed by atoms with van der Waals surface area (Å²) in [5.41, 5.74) is 6.97. The van der Waals surface area contributed by atoms with Gasteiger partial charge in [-0.05, 0) is 26.0 Å². The summed E-state index contributed by atoms with van der Waals surface area (Å²) in [6.45, 7) is 3.46. The number of amides is 3. The molecule has 0 radical (unpaired) electrons. The molecule has 1 aromatic carbocycles. The Labute approximate surface area is 138 Å². The van der Waals surface area contributed by atoms with E-state index < -0.39 is 17.2 Å². The molecule has 0 fully saturated rings. The van der Waals surface area contributed by atoms with Crippen molar-refractivity contribution in [2.75, 3.05) is 11.1 Å². The summed E-state index contributed by atoms with van der Waals surface area (Å²) in [6, 6.07) is 9.92. The smallest absolute Gasteiger partial charge is 0.325 e. The molecule has 0 unspecified atom stereocenters. The van der Waals surface area contributed by atoms with Crippen LogP contribution in [0.5, 0.6) is 0 Å². The van der Waals surface area contributed by atoms with Crippen molar-refractivity contribution in [3.05, 3.63) is 42.1 Å². The monoisotopic (exact) mass is 331 g/mol. The molecule has 0 saturated heterocycles. The average Bonchev–Trinajstić information content (AvgIpc) is 2.46. The number of hydrogen-bond donors (Lipinski definition) is 3. The van der Waals surface area contributed by atoms with Crippen LogP contribution >= 0.6 is 11.8 Å². The average molecular weight is 331 g/mol. The highest BCUT2D eigenvalue weighted by Gasteiger charge is 2.18. The van der Waals surface area contributed by atoms with E-state index in [2.05, 4.69) is 20.6 Å². The minimum absolute atomic E-state index is 0.342. The number of nitrogens with zero attached hydrogens (tertiary/aromatic N) is 2. The molecule has 0 spiro atoms. The third kappa shape index (κ3) is 5.26. The minimum atomic E-state index is -0.585. The van der Waals surface area contributed by atoms with E-state index in [0.29, 0.717) is 16.7 Å². The number of benzene rings is 1. The van der Waals surface area contributed by atoms with Gasteiger partial charge in [-0.3, -0.25) is 10.1 Å². The number of para-hydroxylation sites is 1. The Hall–Kier alpha value is -2.61. The van der Waals surface area contributed by atoms with E-state index in [4.69, 9.17) is 5.73 Å². The number of aryl methyl sites for hydroxylation is 1. The van der Waals surface area contributed by atoms with Crippen LogP contribution in [0.15, 0.2) is 41.6 Å². The third-order valence-electron chi connectivity index (χ3n) is 2.77. The van der Waals surface area contributed by atoms with Gasteiger partial charge in [-0.1, -0.05) is 30.0 Å². The summed E-state index contributed by atoms with van der Waals surface area (Å²) in [7, 11) is 0. The fourth-order valence-corrected chi connectivity index (χ4v) is 2.56. The Morgan fingerprint density at radius 3 is 2.57 bits per heavy atom. The second-order valence-corrected chi connectivity index (χ2v) is 6.09. The van der Waals surface area contributed by atoms with Gasteiger partial charge >= 0.3 is 6.03 Å². The van der Waals surface area contributed by atoms with Gasteiger partial charge in [0.15, 0.2) is 5.16 Å². The number of rotatable bonds is 4. The molecule has 0 saturated carbocycles. The van der Waals surface area contributed by atoms with Crippen molar-refractivity contribution in [3.8, 4) is 0 Å². The van der Waals surface area contributed by atoms with Crippen LogP contribution < -0.4 is 16.4 Å². The lowest BCUT2D eigenvalue weighted by Gasteiger charge is -2.11. The number of urea groups is 1. The molecule has 0 aliphatic rings. The van der Waals surface area contributed by atoms with Crippen molar-refractivity contribution >= 4 is 35.2 Å². The number of hydrogen-bond acceptors (Lipinski definition) is 6. The van der Waals surface area contributed by atoms with Crippen LogP contribution in [-0.2, 0) is 4.79 Å². The van der Waals surface area contributed by atoms with E-state index in [1.54, 1.807) is 44.2 Å². The van der Waals surface area contributed by atoms with Crippen molar-refractivity contribution < 1.29 is 9.59 Å². The predicted octanol–water partition coefficient (Wildman–Crippen LogP) is 2.20. The van der Waals surface area contributed by atoms with E-state index >= 15 is 0 Å². The van der Waals surface area contributed by atoms with Crippen LogP contribution in [0.2, 0.25) is 0 Å². The zero-order chi connectivity index (χ0) is 16.8. The molecule has 7 nitrogen and oxygen atoms in total. The lowest BCUT2D eigenvalue weighted by molar-refractivity contribution is -0.119. The number of nitrogens with one attached hydrogen (secondary N) is 2. The van der Waals surface area contributed by atoms with Gasteiger partial charge in [0, 0.05) is 17.4 Å². The Morgan fingerprint density at radius 2 is 1.91 bits per heavy atom. The van der Waals surface area contributed by atoms with Crippen LogP contribution in [-0.4, -0.2) is 27.2 Å². The zero-order valence-corrected chi connectivity index (χ0v) is 13.6. The van der Waals surface area contributed by atoms with Gasteiger partial charge in [-0.2, -0.15) is 0 Å². The van der Waals surface area contributed by atoms with Crippen molar-refractivity contribution in [3.63, 3.8) is 0 Å². The molecule has 2 rings (SSSR count). The highest BCUT2D eigenvalue weighted by molar-refractivity contribution is 8.00. The largest absolute Gasteiger partial charge is 0.384 e. The van der Waals surface area contributed by atoms with Crippen molar-refractivity contribution in [1.29, 1.82) is 0 Å². The third-order valence-corrected chi connectivity index (χ3v) is 3.73. The Balaban J connectivity index is 1.90. The normalized spacial score (nSPS) is 11.6. The van der Waals surface area contributed by atoms with Gasteiger partial charge in [-0.15, -0.1) is 0 Å². The standard InChI is InChI=1S/C15H17N5O2S/c1-9-8-12(16)19-15(17-9)23-10(2)13(21)20-14(22)18-11-6-4-3-5-7-11/h3-8,10H,1-2H3,(H2,16,17,19)(H2,18,20,21,22)/t10-/m1/s1. The second-order valence-electron chi connectivity index (χ2n) is 4.79.